The van der Waals surface area contributed by atoms with Gasteiger partial charge in [0, 0.05) is 19.6 Å². The number of ether oxygens (including phenoxy) is 1. The van der Waals surface area contributed by atoms with Gasteiger partial charge >= 0.3 is 6.18 Å². The summed E-state index contributed by atoms with van der Waals surface area (Å²) in [6, 6.07) is 0. The van der Waals surface area contributed by atoms with Crippen molar-refractivity contribution in [3.63, 3.8) is 0 Å². The minimum atomic E-state index is -4.01. The molecule has 2 aliphatic rings. The summed E-state index contributed by atoms with van der Waals surface area (Å²) in [5.41, 5.74) is 0. The maximum absolute atomic E-state index is 12.4. The van der Waals surface area contributed by atoms with Gasteiger partial charge in [0.05, 0.1) is 0 Å². The molecule has 88 valence electrons. The van der Waals surface area contributed by atoms with Crippen molar-refractivity contribution in [3.8, 4) is 0 Å². The van der Waals surface area contributed by atoms with E-state index in [0.29, 0.717) is 19.1 Å². The Balaban J connectivity index is 2.06. The molecule has 0 amide bonds. The van der Waals surface area contributed by atoms with E-state index in [2.05, 4.69) is 6.92 Å². The van der Waals surface area contributed by atoms with E-state index in [9.17, 15) is 13.2 Å². The molecular weight excluding hydrogens is 205 g/mol. The molecule has 2 bridgehead atoms. The van der Waals surface area contributed by atoms with Crippen LogP contribution in [-0.2, 0) is 4.74 Å². The molecule has 0 aromatic rings. The number of hydrogen-bond donors (Lipinski definition) is 0. The Labute approximate surface area is 88.0 Å². The van der Waals surface area contributed by atoms with Crippen LogP contribution in [0, 0.1) is 23.7 Å². The average Bonchev–Trinajstić information content (AvgIpc) is 2.33. The Morgan fingerprint density at radius 3 is 2.60 bits per heavy atom. The van der Waals surface area contributed by atoms with Crippen molar-refractivity contribution in [2.75, 3.05) is 13.2 Å². The number of hydrogen-bond acceptors (Lipinski definition) is 1. The molecule has 1 aliphatic carbocycles. The van der Waals surface area contributed by atoms with E-state index in [0.717, 1.165) is 12.8 Å². The molecule has 0 radical (unpaired) electrons. The Morgan fingerprint density at radius 1 is 1.27 bits per heavy atom. The lowest BCUT2D eigenvalue weighted by atomic mass is 9.83. The average molecular weight is 222 g/mol. The minimum absolute atomic E-state index is 0.148. The fourth-order valence-corrected chi connectivity index (χ4v) is 3.30. The molecule has 1 saturated carbocycles. The smallest absolute Gasteiger partial charge is 0.381 e. The molecule has 1 aliphatic heterocycles. The van der Waals surface area contributed by atoms with Crippen LogP contribution in [0.1, 0.15) is 26.2 Å². The highest BCUT2D eigenvalue weighted by Gasteiger charge is 2.49. The summed E-state index contributed by atoms with van der Waals surface area (Å²) in [4.78, 5) is 0. The molecule has 0 N–H and O–H groups in total. The normalized spacial score (nSPS) is 40.8. The van der Waals surface area contributed by atoms with Crippen molar-refractivity contribution >= 4 is 0 Å². The molecule has 4 unspecified atom stereocenters. The van der Waals surface area contributed by atoms with E-state index < -0.39 is 12.6 Å². The third-order valence-electron chi connectivity index (χ3n) is 4.00. The summed E-state index contributed by atoms with van der Waals surface area (Å²) >= 11 is 0. The first-order valence-corrected chi connectivity index (χ1v) is 5.65. The largest absolute Gasteiger partial charge is 0.389 e. The zero-order valence-electron chi connectivity index (χ0n) is 8.89. The Morgan fingerprint density at radius 2 is 2.00 bits per heavy atom. The van der Waals surface area contributed by atoms with Gasteiger partial charge < -0.3 is 4.74 Å². The molecular formula is C11H17F3O. The van der Waals surface area contributed by atoms with Gasteiger partial charge in [0.2, 0.25) is 0 Å². The van der Waals surface area contributed by atoms with Crippen molar-refractivity contribution in [1.82, 2.24) is 0 Å². The van der Waals surface area contributed by atoms with Gasteiger partial charge in [-0.1, -0.05) is 13.3 Å². The molecule has 2 rings (SSSR count). The van der Waals surface area contributed by atoms with E-state index >= 15 is 0 Å². The molecule has 1 heterocycles. The van der Waals surface area contributed by atoms with Crippen LogP contribution in [0.25, 0.3) is 0 Å². The Kier molecular flexibility index (Phi) is 2.97. The number of halogens is 3. The fourth-order valence-electron chi connectivity index (χ4n) is 3.30. The van der Waals surface area contributed by atoms with Crippen LogP contribution in [0.3, 0.4) is 0 Å². The monoisotopic (exact) mass is 222 g/mol. The van der Waals surface area contributed by atoms with Crippen molar-refractivity contribution in [3.05, 3.63) is 0 Å². The molecule has 4 atom stereocenters. The SMILES string of the molecule is CCC1CC2COCC1C2CC(F)(F)F. The van der Waals surface area contributed by atoms with Gasteiger partial charge in [0.25, 0.3) is 0 Å². The van der Waals surface area contributed by atoms with E-state index in [1.165, 1.54) is 0 Å². The van der Waals surface area contributed by atoms with Crippen molar-refractivity contribution in [2.24, 2.45) is 23.7 Å². The Hall–Kier alpha value is -0.250. The standard InChI is InChI=1S/C11H17F3O/c1-2-7-3-8-5-15-6-10(7)9(8)4-11(12,13)14/h7-10H,2-6H2,1H3. The summed E-state index contributed by atoms with van der Waals surface area (Å²) in [6.07, 6.45) is -2.70. The lowest BCUT2D eigenvalue weighted by Gasteiger charge is -2.31. The topological polar surface area (TPSA) is 9.23 Å². The first kappa shape index (κ1) is 11.2. The van der Waals surface area contributed by atoms with Gasteiger partial charge in [-0.2, -0.15) is 13.2 Å². The summed E-state index contributed by atoms with van der Waals surface area (Å²) < 4.78 is 42.6. The minimum Gasteiger partial charge on any atom is -0.381 e. The van der Waals surface area contributed by atoms with Crippen molar-refractivity contribution in [1.29, 1.82) is 0 Å². The van der Waals surface area contributed by atoms with Crippen LogP contribution >= 0.6 is 0 Å². The summed E-state index contributed by atoms with van der Waals surface area (Å²) in [5, 5.41) is 0. The van der Waals surface area contributed by atoms with Crippen LogP contribution < -0.4 is 0 Å². The zero-order chi connectivity index (χ0) is 11.1. The molecule has 0 spiro atoms. The second-order valence-electron chi connectivity index (χ2n) is 4.85. The van der Waals surface area contributed by atoms with Crippen LogP contribution in [-0.4, -0.2) is 19.4 Å². The van der Waals surface area contributed by atoms with Gasteiger partial charge in [-0.25, -0.2) is 0 Å². The summed E-state index contributed by atoms with van der Waals surface area (Å²) in [5.74, 6) is 0.569. The van der Waals surface area contributed by atoms with Crippen molar-refractivity contribution < 1.29 is 17.9 Å². The second-order valence-corrected chi connectivity index (χ2v) is 4.85. The predicted molar refractivity (Wildman–Crippen MR) is 50.4 cm³/mol. The predicted octanol–water partition coefficient (Wildman–Crippen LogP) is 3.25. The highest BCUT2D eigenvalue weighted by Crippen LogP contribution is 2.50. The van der Waals surface area contributed by atoms with E-state index in [4.69, 9.17) is 4.74 Å². The molecule has 0 aromatic heterocycles. The third kappa shape index (κ3) is 2.30. The van der Waals surface area contributed by atoms with Crippen LogP contribution in [0.4, 0.5) is 13.2 Å². The lowest BCUT2D eigenvalue weighted by molar-refractivity contribution is -0.160. The van der Waals surface area contributed by atoms with Gasteiger partial charge in [0.1, 0.15) is 0 Å². The van der Waals surface area contributed by atoms with Crippen LogP contribution in [0.5, 0.6) is 0 Å². The fraction of sp³-hybridized carbons (Fsp3) is 1.00. The Bertz CT molecular complexity index is 226. The molecule has 2 fully saturated rings. The van der Waals surface area contributed by atoms with Crippen LogP contribution in [0.2, 0.25) is 0 Å². The molecule has 1 nitrogen and oxygen atoms in total. The van der Waals surface area contributed by atoms with Gasteiger partial charge in [0.15, 0.2) is 0 Å². The number of rotatable bonds is 2. The lowest BCUT2D eigenvalue weighted by Crippen LogP contribution is -2.33. The number of alkyl halides is 3. The maximum Gasteiger partial charge on any atom is 0.389 e. The molecule has 15 heavy (non-hydrogen) atoms. The van der Waals surface area contributed by atoms with Crippen molar-refractivity contribution in [2.45, 2.75) is 32.4 Å². The highest BCUT2D eigenvalue weighted by molar-refractivity contribution is 4.93. The zero-order valence-corrected chi connectivity index (χ0v) is 8.89. The van der Waals surface area contributed by atoms with E-state index in [1.54, 1.807) is 0 Å². The second kappa shape index (κ2) is 3.96. The molecule has 1 saturated heterocycles. The summed E-state index contributed by atoms with van der Waals surface area (Å²) in [7, 11) is 0. The van der Waals surface area contributed by atoms with Gasteiger partial charge in [-0.15, -0.1) is 0 Å². The first-order chi connectivity index (χ1) is 7.01. The van der Waals surface area contributed by atoms with E-state index in [-0.39, 0.29) is 17.8 Å². The van der Waals surface area contributed by atoms with Crippen LogP contribution in [0.15, 0.2) is 0 Å². The quantitative estimate of drug-likeness (QED) is 0.697. The highest BCUT2D eigenvalue weighted by atomic mass is 19.4. The summed E-state index contributed by atoms with van der Waals surface area (Å²) in [6.45, 7) is 3.14. The molecule has 4 heteroatoms. The third-order valence-corrected chi connectivity index (χ3v) is 4.00. The first-order valence-electron chi connectivity index (χ1n) is 5.65. The number of fused-ring (bicyclic) bond motifs is 2. The van der Waals surface area contributed by atoms with Gasteiger partial charge in [-0.05, 0) is 30.1 Å². The van der Waals surface area contributed by atoms with Gasteiger partial charge in [-0.3, -0.25) is 0 Å². The maximum atomic E-state index is 12.4. The van der Waals surface area contributed by atoms with E-state index in [1.807, 2.05) is 0 Å². The molecule has 0 aromatic carbocycles.